The van der Waals surface area contributed by atoms with Crippen molar-refractivity contribution in [3.63, 3.8) is 0 Å². The minimum Gasteiger partial charge on any atom is -0.393 e. The second-order valence-corrected chi connectivity index (χ2v) is 8.21. The van der Waals surface area contributed by atoms with Crippen LogP contribution < -0.4 is 21.3 Å². The molecule has 4 aromatic rings. The number of nitrogen functional groups attached to an aromatic ring is 1. The van der Waals surface area contributed by atoms with Crippen LogP contribution in [0.4, 0.5) is 23.0 Å². The van der Waals surface area contributed by atoms with Crippen LogP contribution in [0, 0.1) is 6.92 Å². The average molecular weight is 421 g/mol. The molecule has 30 heavy (non-hydrogen) atoms. The number of nitrogens with one attached hydrogen (secondary N) is 3. The largest absolute Gasteiger partial charge is 0.393 e. The van der Waals surface area contributed by atoms with Gasteiger partial charge in [-0.05, 0) is 43.3 Å². The SMILES string of the molecule is Cc1ccc(S(=O)(=O)NNc2ncnc(Nc3cccc4ncccc34)c2N)cc1. The van der Waals surface area contributed by atoms with E-state index in [1.165, 1.54) is 18.5 Å². The minimum absolute atomic E-state index is 0.120. The van der Waals surface area contributed by atoms with E-state index in [1.54, 1.807) is 18.3 Å². The Labute approximate surface area is 173 Å². The van der Waals surface area contributed by atoms with E-state index in [9.17, 15) is 8.42 Å². The van der Waals surface area contributed by atoms with Crippen molar-refractivity contribution in [2.45, 2.75) is 11.8 Å². The molecule has 0 amide bonds. The summed E-state index contributed by atoms with van der Waals surface area (Å²) in [4.78, 5) is 14.9. The van der Waals surface area contributed by atoms with Crippen molar-refractivity contribution < 1.29 is 8.42 Å². The third kappa shape index (κ3) is 4.00. The Hall–Kier alpha value is -3.76. The van der Waals surface area contributed by atoms with Crippen LogP contribution in [0.25, 0.3) is 10.9 Å². The van der Waals surface area contributed by atoms with Crippen LogP contribution in [0.1, 0.15) is 5.56 Å². The van der Waals surface area contributed by atoms with E-state index >= 15 is 0 Å². The van der Waals surface area contributed by atoms with Gasteiger partial charge in [-0.15, -0.1) is 4.83 Å². The van der Waals surface area contributed by atoms with Crippen LogP contribution in [0.15, 0.2) is 72.0 Å². The van der Waals surface area contributed by atoms with Crippen molar-refractivity contribution in [3.05, 3.63) is 72.7 Å². The second kappa shape index (κ2) is 7.93. The van der Waals surface area contributed by atoms with Crippen molar-refractivity contribution in [2.75, 3.05) is 16.5 Å². The summed E-state index contributed by atoms with van der Waals surface area (Å²) in [7, 11) is -3.80. The molecule has 0 atom stereocenters. The fourth-order valence-electron chi connectivity index (χ4n) is 2.83. The van der Waals surface area contributed by atoms with E-state index in [-0.39, 0.29) is 16.4 Å². The molecular formula is C20H19N7O2S. The van der Waals surface area contributed by atoms with Gasteiger partial charge in [-0.3, -0.25) is 10.4 Å². The fraction of sp³-hybridized carbons (Fsp3) is 0.0500. The highest BCUT2D eigenvalue weighted by molar-refractivity contribution is 7.89. The first-order chi connectivity index (χ1) is 14.4. The molecule has 0 aliphatic carbocycles. The normalized spacial score (nSPS) is 11.4. The Morgan fingerprint density at radius 3 is 2.47 bits per heavy atom. The van der Waals surface area contributed by atoms with Crippen LogP contribution in [0.5, 0.6) is 0 Å². The molecule has 0 aliphatic heterocycles. The molecule has 0 radical (unpaired) electrons. The number of rotatable bonds is 6. The highest BCUT2D eigenvalue weighted by Gasteiger charge is 2.16. The van der Waals surface area contributed by atoms with Gasteiger partial charge in [-0.25, -0.2) is 18.4 Å². The number of sulfonamides is 1. The summed E-state index contributed by atoms with van der Waals surface area (Å²) in [6, 6.07) is 15.9. The Kier molecular flexibility index (Phi) is 5.17. The molecule has 2 aromatic carbocycles. The highest BCUT2D eigenvalue weighted by Crippen LogP contribution is 2.29. The standard InChI is InChI=1S/C20H19N7O2S/c1-13-7-9-14(10-8-13)30(28,29)27-26-20-18(21)19(23-12-24-20)25-17-6-2-5-16-15(17)4-3-11-22-16/h2-12,27H,21H2,1H3,(H2,23,24,25,26). The van der Waals surface area contributed by atoms with Crippen molar-refractivity contribution in [3.8, 4) is 0 Å². The van der Waals surface area contributed by atoms with Crippen LogP contribution >= 0.6 is 0 Å². The van der Waals surface area contributed by atoms with Gasteiger partial charge in [-0.1, -0.05) is 23.8 Å². The molecular weight excluding hydrogens is 402 g/mol. The van der Waals surface area contributed by atoms with Crippen molar-refractivity contribution in [1.29, 1.82) is 0 Å². The predicted octanol–water partition coefficient (Wildman–Crippen LogP) is 2.96. The Balaban J connectivity index is 1.56. The molecule has 0 saturated carbocycles. The number of aromatic nitrogens is 3. The summed E-state index contributed by atoms with van der Waals surface area (Å²) in [6.45, 7) is 1.88. The molecule has 2 heterocycles. The molecule has 4 rings (SSSR count). The summed E-state index contributed by atoms with van der Waals surface area (Å²) >= 11 is 0. The third-order valence-electron chi connectivity index (χ3n) is 4.42. The number of benzene rings is 2. The van der Waals surface area contributed by atoms with Gasteiger partial charge < -0.3 is 11.1 Å². The first-order valence-electron chi connectivity index (χ1n) is 9.00. The Bertz CT molecular complexity index is 1300. The van der Waals surface area contributed by atoms with Gasteiger partial charge in [0.2, 0.25) is 0 Å². The number of hydrazine groups is 1. The topological polar surface area (TPSA) is 135 Å². The smallest absolute Gasteiger partial charge is 0.257 e. The average Bonchev–Trinajstić information content (AvgIpc) is 2.75. The van der Waals surface area contributed by atoms with E-state index < -0.39 is 10.0 Å². The number of hydrogen-bond acceptors (Lipinski definition) is 8. The summed E-state index contributed by atoms with van der Waals surface area (Å²) in [5, 5.41) is 4.05. The quantitative estimate of drug-likeness (QED) is 0.349. The fourth-order valence-corrected chi connectivity index (χ4v) is 3.67. The van der Waals surface area contributed by atoms with Gasteiger partial charge in [0.05, 0.1) is 10.4 Å². The van der Waals surface area contributed by atoms with E-state index in [0.717, 1.165) is 22.2 Å². The molecule has 9 nitrogen and oxygen atoms in total. The molecule has 5 N–H and O–H groups in total. The van der Waals surface area contributed by atoms with Crippen molar-refractivity contribution in [2.24, 2.45) is 0 Å². The molecule has 0 bridgehead atoms. The molecule has 10 heteroatoms. The van der Waals surface area contributed by atoms with Crippen molar-refractivity contribution in [1.82, 2.24) is 19.8 Å². The van der Waals surface area contributed by atoms with Crippen LogP contribution in [-0.2, 0) is 10.0 Å². The Morgan fingerprint density at radius 2 is 1.67 bits per heavy atom. The van der Waals surface area contributed by atoms with Gasteiger partial charge in [0, 0.05) is 17.3 Å². The number of anilines is 4. The molecule has 0 fully saturated rings. The van der Waals surface area contributed by atoms with Gasteiger partial charge >= 0.3 is 0 Å². The predicted molar refractivity (Wildman–Crippen MR) is 117 cm³/mol. The molecule has 152 valence electrons. The molecule has 0 saturated heterocycles. The number of nitrogens with zero attached hydrogens (tertiary/aromatic N) is 3. The zero-order chi connectivity index (χ0) is 21.1. The number of hydrogen-bond donors (Lipinski definition) is 4. The van der Waals surface area contributed by atoms with Gasteiger partial charge in [0.1, 0.15) is 12.0 Å². The maximum absolute atomic E-state index is 12.5. The lowest BCUT2D eigenvalue weighted by Gasteiger charge is -2.14. The van der Waals surface area contributed by atoms with E-state index in [4.69, 9.17) is 5.73 Å². The number of pyridine rings is 1. The van der Waals surface area contributed by atoms with E-state index in [2.05, 4.69) is 30.5 Å². The maximum atomic E-state index is 12.5. The van der Waals surface area contributed by atoms with Crippen LogP contribution in [-0.4, -0.2) is 23.4 Å². The number of fused-ring (bicyclic) bond motifs is 1. The first-order valence-corrected chi connectivity index (χ1v) is 10.5. The molecule has 0 unspecified atom stereocenters. The van der Waals surface area contributed by atoms with Gasteiger partial charge in [0.25, 0.3) is 10.0 Å². The second-order valence-electron chi connectivity index (χ2n) is 6.53. The van der Waals surface area contributed by atoms with E-state index in [0.29, 0.717) is 5.82 Å². The van der Waals surface area contributed by atoms with Crippen LogP contribution in [0.2, 0.25) is 0 Å². The summed E-state index contributed by atoms with van der Waals surface area (Å²) in [6.07, 6.45) is 3.00. The lowest BCUT2D eigenvalue weighted by atomic mass is 10.2. The van der Waals surface area contributed by atoms with Crippen LogP contribution in [0.3, 0.4) is 0 Å². The van der Waals surface area contributed by atoms with Gasteiger partial charge in [0.15, 0.2) is 11.6 Å². The molecule has 2 aromatic heterocycles. The number of aryl methyl sites for hydroxylation is 1. The van der Waals surface area contributed by atoms with E-state index in [1.807, 2.05) is 37.3 Å². The van der Waals surface area contributed by atoms with Gasteiger partial charge in [-0.2, -0.15) is 0 Å². The zero-order valence-corrected chi connectivity index (χ0v) is 16.8. The molecule has 0 spiro atoms. The molecule has 0 aliphatic rings. The lowest BCUT2D eigenvalue weighted by Crippen LogP contribution is -2.30. The monoisotopic (exact) mass is 421 g/mol. The summed E-state index contributed by atoms with van der Waals surface area (Å²) in [5.41, 5.74) is 11.4. The number of nitrogens with two attached hydrogens (primary N) is 1. The van der Waals surface area contributed by atoms with Crippen molar-refractivity contribution >= 4 is 43.9 Å². The Morgan fingerprint density at radius 1 is 0.900 bits per heavy atom. The summed E-state index contributed by atoms with van der Waals surface area (Å²) < 4.78 is 24.9. The third-order valence-corrected chi connectivity index (χ3v) is 5.68. The maximum Gasteiger partial charge on any atom is 0.257 e. The minimum atomic E-state index is -3.80. The summed E-state index contributed by atoms with van der Waals surface area (Å²) in [5.74, 6) is 0.458. The zero-order valence-electron chi connectivity index (χ0n) is 16.0. The first kappa shape index (κ1) is 19.6. The highest BCUT2D eigenvalue weighted by atomic mass is 32.2. The lowest BCUT2D eigenvalue weighted by molar-refractivity contribution is 0.587.